The van der Waals surface area contributed by atoms with E-state index in [-0.39, 0.29) is 11.2 Å². The fourth-order valence-corrected chi connectivity index (χ4v) is 4.22. The summed E-state index contributed by atoms with van der Waals surface area (Å²) >= 11 is 1.59. The SMILES string of the molecule is CCN(C)C(=NCCC=C(C)C)SC(C(=O)N1CCCC1)c1ccccc1. The molecule has 0 saturated carbocycles. The van der Waals surface area contributed by atoms with Crippen LogP contribution in [0.5, 0.6) is 0 Å². The lowest BCUT2D eigenvalue weighted by Crippen LogP contribution is -2.33. The molecular weight excluding hydrogens is 354 g/mol. The third kappa shape index (κ3) is 6.73. The Bertz CT molecular complexity index is 647. The molecule has 0 spiro atoms. The van der Waals surface area contributed by atoms with E-state index in [4.69, 9.17) is 4.99 Å². The van der Waals surface area contributed by atoms with E-state index in [2.05, 4.69) is 50.9 Å². The molecule has 2 rings (SSSR count). The van der Waals surface area contributed by atoms with Gasteiger partial charge in [-0.2, -0.15) is 0 Å². The molecule has 1 unspecified atom stereocenters. The predicted molar refractivity (Wildman–Crippen MR) is 117 cm³/mol. The zero-order valence-electron chi connectivity index (χ0n) is 17.1. The molecule has 27 heavy (non-hydrogen) atoms. The maximum atomic E-state index is 13.2. The van der Waals surface area contributed by atoms with Crippen LogP contribution in [0.3, 0.4) is 0 Å². The van der Waals surface area contributed by atoms with Gasteiger partial charge < -0.3 is 9.80 Å². The highest BCUT2D eigenvalue weighted by molar-refractivity contribution is 8.14. The van der Waals surface area contributed by atoms with E-state index in [0.29, 0.717) is 0 Å². The van der Waals surface area contributed by atoms with Crippen LogP contribution in [0.2, 0.25) is 0 Å². The highest BCUT2D eigenvalue weighted by atomic mass is 32.2. The van der Waals surface area contributed by atoms with E-state index in [9.17, 15) is 4.79 Å². The van der Waals surface area contributed by atoms with Gasteiger partial charge in [0.2, 0.25) is 5.91 Å². The van der Waals surface area contributed by atoms with Crippen molar-refractivity contribution in [2.75, 3.05) is 33.2 Å². The second kappa shape index (κ2) is 11.2. The molecule has 1 fully saturated rings. The summed E-state index contributed by atoms with van der Waals surface area (Å²) in [6, 6.07) is 10.1. The number of allylic oxidation sites excluding steroid dienone is 1. The number of carbonyl (C=O) groups excluding carboxylic acids is 1. The maximum Gasteiger partial charge on any atom is 0.240 e. The largest absolute Gasteiger partial charge is 0.355 e. The molecule has 1 saturated heterocycles. The van der Waals surface area contributed by atoms with Gasteiger partial charge in [0.05, 0.1) is 0 Å². The van der Waals surface area contributed by atoms with Crippen LogP contribution in [-0.2, 0) is 4.79 Å². The van der Waals surface area contributed by atoms with Crippen molar-refractivity contribution in [1.29, 1.82) is 0 Å². The van der Waals surface area contributed by atoms with Crippen molar-refractivity contribution in [3.05, 3.63) is 47.5 Å². The van der Waals surface area contributed by atoms with Crippen LogP contribution in [0.4, 0.5) is 0 Å². The van der Waals surface area contributed by atoms with Gasteiger partial charge in [0.25, 0.3) is 0 Å². The monoisotopic (exact) mass is 387 g/mol. The number of benzene rings is 1. The Hall–Kier alpha value is -1.75. The van der Waals surface area contributed by atoms with Gasteiger partial charge in [0.1, 0.15) is 5.25 Å². The minimum atomic E-state index is -0.236. The predicted octanol–water partition coefficient (Wildman–Crippen LogP) is 4.75. The van der Waals surface area contributed by atoms with E-state index in [1.54, 1.807) is 11.8 Å². The van der Waals surface area contributed by atoms with E-state index >= 15 is 0 Å². The smallest absolute Gasteiger partial charge is 0.240 e. The van der Waals surface area contributed by atoms with Gasteiger partial charge in [-0.15, -0.1) is 0 Å². The Morgan fingerprint density at radius 3 is 2.52 bits per heavy atom. The molecule has 1 aliphatic rings. The summed E-state index contributed by atoms with van der Waals surface area (Å²) in [5, 5.41) is 0.710. The summed E-state index contributed by atoms with van der Waals surface area (Å²) in [6.07, 6.45) is 5.36. The first-order chi connectivity index (χ1) is 13.0. The number of hydrogen-bond donors (Lipinski definition) is 0. The topological polar surface area (TPSA) is 35.9 Å². The number of hydrogen-bond acceptors (Lipinski definition) is 3. The highest BCUT2D eigenvalue weighted by Gasteiger charge is 2.30. The van der Waals surface area contributed by atoms with Crippen LogP contribution in [0, 0.1) is 0 Å². The molecule has 1 amide bonds. The Morgan fingerprint density at radius 2 is 1.93 bits per heavy atom. The van der Waals surface area contributed by atoms with Crippen molar-refractivity contribution < 1.29 is 4.79 Å². The van der Waals surface area contributed by atoms with Crippen molar-refractivity contribution in [2.45, 2.75) is 45.3 Å². The summed E-state index contributed by atoms with van der Waals surface area (Å²) in [4.78, 5) is 22.2. The average Bonchev–Trinajstić information content (AvgIpc) is 3.21. The number of rotatable bonds is 7. The molecule has 4 nitrogen and oxygen atoms in total. The lowest BCUT2D eigenvalue weighted by atomic mass is 10.1. The quantitative estimate of drug-likeness (QED) is 0.293. The summed E-state index contributed by atoms with van der Waals surface area (Å²) in [5.74, 6) is 0.213. The standard InChI is InChI=1S/C22H33N3OS/c1-5-24(4)22(23-15-11-12-18(2)3)27-20(19-13-7-6-8-14-19)21(26)25-16-9-10-17-25/h6-8,12-14,20H,5,9-11,15-17H2,1-4H3. The van der Waals surface area contributed by atoms with Crippen LogP contribution in [-0.4, -0.2) is 54.1 Å². The lowest BCUT2D eigenvalue weighted by molar-refractivity contribution is -0.129. The minimum absolute atomic E-state index is 0.213. The second-order valence-electron chi connectivity index (χ2n) is 7.19. The minimum Gasteiger partial charge on any atom is -0.355 e. The molecule has 0 radical (unpaired) electrons. The number of nitrogens with zero attached hydrogens (tertiary/aromatic N) is 3. The summed E-state index contributed by atoms with van der Waals surface area (Å²) in [5.41, 5.74) is 2.37. The Labute approximate surface area is 168 Å². The number of amides is 1. The molecule has 148 valence electrons. The number of thioether (sulfide) groups is 1. The molecule has 0 aromatic heterocycles. The molecule has 0 N–H and O–H groups in total. The summed E-state index contributed by atoms with van der Waals surface area (Å²) in [6.45, 7) is 9.70. The fourth-order valence-electron chi connectivity index (χ4n) is 2.99. The van der Waals surface area contributed by atoms with Gasteiger partial charge in [-0.3, -0.25) is 9.79 Å². The molecule has 1 heterocycles. The molecule has 0 aliphatic carbocycles. The number of amidine groups is 1. The van der Waals surface area contributed by atoms with E-state index in [1.165, 1.54) is 5.57 Å². The molecular formula is C22H33N3OS. The van der Waals surface area contributed by atoms with Gasteiger partial charge >= 0.3 is 0 Å². The molecule has 1 aromatic rings. The summed E-state index contributed by atoms with van der Waals surface area (Å²) in [7, 11) is 2.05. The fraction of sp³-hybridized carbons (Fsp3) is 0.545. The first-order valence-electron chi connectivity index (χ1n) is 9.92. The van der Waals surface area contributed by atoms with Gasteiger partial charge in [-0.05, 0) is 45.6 Å². The molecule has 1 atom stereocenters. The van der Waals surface area contributed by atoms with Gasteiger partial charge in [0.15, 0.2) is 5.17 Å². The van der Waals surface area contributed by atoms with Crippen LogP contribution in [0.15, 0.2) is 47.0 Å². The molecule has 1 aliphatic heterocycles. The van der Waals surface area contributed by atoms with Crippen molar-refractivity contribution in [1.82, 2.24) is 9.80 Å². The zero-order chi connectivity index (χ0) is 19.6. The third-order valence-electron chi connectivity index (χ3n) is 4.70. The van der Waals surface area contributed by atoms with Gasteiger partial charge in [0, 0.05) is 33.2 Å². The highest BCUT2D eigenvalue weighted by Crippen LogP contribution is 2.33. The average molecular weight is 388 g/mol. The van der Waals surface area contributed by atoms with Crippen molar-refractivity contribution in [3.63, 3.8) is 0 Å². The van der Waals surface area contributed by atoms with Gasteiger partial charge in [-0.25, -0.2) is 0 Å². The van der Waals surface area contributed by atoms with Crippen LogP contribution >= 0.6 is 11.8 Å². The number of likely N-dealkylation sites (tertiary alicyclic amines) is 1. The Balaban J connectivity index is 2.22. The second-order valence-corrected chi connectivity index (χ2v) is 8.26. The molecule has 1 aromatic carbocycles. The molecule has 5 heteroatoms. The zero-order valence-corrected chi connectivity index (χ0v) is 18.0. The number of carbonyl (C=O) groups is 1. The molecule has 0 bridgehead atoms. The van der Waals surface area contributed by atoms with Crippen molar-refractivity contribution in [2.24, 2.45) is 4.99 Å². The summed E-state index contributed by atoms with van der Waals surface area (Å²) < 4.78 is 0. The van der Waals surface area contributed by atoms with Gasteiger partial charge in [-0.1, -0.05) is 53.7 Å². The Kier molecular flexibility index (Phi) is 8.92. The van der Waals surface area contributed by atoms with Crippen LogP contribution in [0.1, 0.15) is 50.8 Å². The normalized spacial score (nSPS) is 15.6. The lowest BCUT2D eigenvalue weighted by Gasteiger charge is -2.26. The van der Waals surface area contributed by atoms with E-state index in [0.717, 1.165) is 56.2 Å². The van der Waals surface area contributed by atoms with Crippen molar-refractivity contribution >= 4 is 22.8 Å². The van der Waals surface area contributed by atoms with E-state index < -0.39 is 0 Å². The van der Waals surface area contributed by atoms with Crippen LogP contribution in [0.25, 0.3) is 0 Å². The maximum absolute atomic E-state index is 13.2. The van der Waals surface area contributed by atoms with Crippen LogP contribution < -0.4 is 0 Å². The number of aliphatic imine (C=N–C) groups is 1. The van der Waals surface area contributed by atoms with E-state index in [1.807, 2.05) is 23.1 Å². The first-order valence-corrected chi connectivity index (χ1v) is 10.8. The third-order valence-corrected chi connectivity index (χ3v) is 6.06. The Morgan fingerprint density at radius 1 is 1.26 bits per heavy atom. The van der Waals surface area contributed by atoms with Crippen molar-refractivity contribution in [3.8, 4) is 0 Å². The first kappa shape index (κ1) is 21.5.